The second kappa shape index (κ2) is 6.60. The first-order valence-electron chi connectivity index (χ1n) is 6.22. The predicted molar refractivity (Wildman–Crippen MR) is 68.6 cm³/mol. The summed E-state index contributed by atoms with van der Waals surface area (Å²) in [7, 11) is 0. The van der Waals surface area contributed by atoms with Crippen molar-refractivity contribution in [2.75, 3.05) is 6.54 Å². The number of benzene rings is 1. The molecule has 0 aliphatic heterocycles. The minimum absolute atomic E-state index is 0.0298. The maximum atomic E-state index is 13.1. The van der Waals surface area contributed by atoms with Crippen molar-refractivity contribution in [3.8, 4) is 5.75 Å². The molecule has 0 aliphatic carbocycles. The number of hydrogen-bond acceptors (Lipinski definition) is 2. The largest absolute Gasteiger partial charge is 0.508 e. The van der Waals surface area contributed by atoms with Gasteiger partial charge in [-0.25, -0.2) is 4.39 Å². The second-order valence-electron chi connectivity index (χ2n) is 4.92. The summed E-state index contributed by atoms with van der Waals surface area (Å²) in [5.74, 6) is 0.540. The van der Waals surface area contributed by atoms with Crippen molar-refractivity contribution in [3.05, 3.63) is 29.6 Å². The highest BCUT2D eigenvalue weighted by atomic mass is 19.1. The molecule has 1 unspecified atom stereocenters. The third-order valence-electron chi connectivity index (χ3n) is 2.86. The van der Waals surface area contributed by atoms with Crippen LogP contribution in [-0.2, 0) is 0 Å². The fourth-order valence-electron chi connectivity index (χ4n) is 1.81. The lowest BCUT2D eigenvalue weighted by Crippen LogP contribution is -2.20. The van der Waals surface area contributed by atoms with Crippen LogP contribution in [0.4, 0.5) is 4.39 Å². The van der Waals surface area contributed by atoms with Gasteiger partial charge in [0.2, 0.25) is 0 Å². The monoisotopic (exact) mass is 239 g/mol. The lowest BCUT2D eigenvalue weighted by atomic mass is 10.1. The Hall–Kier alpha value is -1.09. The zero-order valence-electron chi connectivity index (χ0n) is 10.8. The molecule has 0 spiro atoms. The molecule has 0 amide bonds. The molecule has 17 heavy (non-hydrogen) atoms. The van der Waals surface area contributed by atoms with Crippen molar-refractivity contribution in [1.82, 2.24) is 5.32 Å². The minimum atomic E-state index is -0.311. The molecule has 2 nitrogen and oxygen atoms in total. The molecule has 0 saturated carbocycles. The van der Waals surface area contributed by atoms with Gasteiger partial charge in [-0.1, -0.05) is 13.8 Å². The first kappa shape index (κ1) is 14.0. The average Bonchev–Trinajstić information content (AvgIpc) is 2.27. The summed E-state index contributed by atoms with van der Waals surface area (Å²) in [6.07, 6.45) is 2.27. The molecule has 0 radical (unpaired) electrons. The maximum absolute atomic E-state index is 13.1. The van der Waals surface area contributed by atoms with Crippen molar-refractivity contribution in [2.45, 2.75) is 39.7 Å². The minimum Gasteiger partial charge on any atom is -0.508 e. The van der Waals surface area contributed by atoms with E-state index in [0.29, 0.717) is 11.5 Å². The van der Waals surface area contributed by atoms with E-state index in [1.54, 1.807) is 0 Å². The van der Waals surface area contributed by atoms with E-state index in [0.717, 1.165) is 13.0 Å². The summed E-state index contributed by atoms with van der Waals surface area (Å²) in [6, 6.07) is 4.02. The molecular weight excluding hydrogens is 217 g/mol. The molecule has 0 bridgehead atoms. The molecule has 0 aromatic heterocycles. The van der Waals surface area contributed by atoms with Crippen LogP contribution in [0.25, 0.3) is 0 Å². The van der Waals surface area contributed by atoms with Gasteiger partial charge in [-0.05, 0) is 50.4 Å². The number of halogens is 1. The van der Waals surface area contributed by atoms with Gasteiger partial charge >= 0.3 is 0 Å². The zero-order valence-corrected chi connectivity index (χ0v) is 10.8. The van der Waals surface area contributed by atoms with Crippen molar-refractivity contribution in [3.63, 3.8) is 0 Å². The fourth-order valence-corrected chi connectivity index (χ4v) is 1.81. The van der Waals surface area contributed by atoms with Crippen LogP contribution < -0.4 is 5.32 Å². The first-order chi connectivity index (χ1) is 8.00. The molecular formula is C14H22FNO. The van der Waals surface area contributed by atoms with Crippen LogP contribution in [0, 0.1) is 11.7 Å². The Morgan fingerprint density at radius 1 is 1.29 bits per heavy atom. The van der Waals surface area contributed by atoms with Crippen LogP contribution in [0.2, 0.25) is 0 Å². The lowest BCUT2D eigenvalue weighted by Gasteiger charge is -2.16. The molecule has 2 N–H and O–H groups in total. The number of rotatable bonds is 6. The van der Waals surface area contributed by atoms with E-state index in [1.807, 2.05) is 6.92 Å². The molecule has 96 valence electrons. The Kier molecular flexibility index (Phi) is 5.42. The number of phenols is 1. The molecule has 3 heteroatoms. The van der Waals surface area contributed by atoms with Crippen molar-refractivity contribution < 1.29 is 9.50 Å². The van der Waals surface area contributed by atoms with Crippen molar-refractivity contribution in [2.24, 2.45) is 5.92 Å². The van der Waals surface area contributed by atoms with Crippen LogP contribution in [0.1, 0.15) is 45.2 Å². The molecule has 1 rings (SSSR count). The van der Waals surface area contributed by atoms with Gasteiger partial charge in [0.05, 0.1) is 0 Å². The van der Waals surface area contributed by atoms with Crippen molar-refractivity contribution >= 4 is 0 Å². The van der Waals surface area contributed by atoms with Crippen LogP contribution in [0.3, 0.4) is 0 Å². The summed E-state index contributed by atoms with van der Waals surface area (Å²) in [4.78, 5) is 0. The van der Waals surface area contributed by atoms with Crippen LogP contribution in [0.15, 0.2) is 18.2 Å². The highest BCUT2D eigenvalue weighted by molar-refractivity contribution is 5.34. The number of nitrogens with one attached hydrogen (secondary N) is 1. The third-order valence-corrected chi connectivity index (χ3v) is 2.86. The standard InChI is InChI=1S/C14H22FNO/c1-10(2)5-4-8-16-11(3)13-9-12(15)6-7-14(13)17/h6-7,9-11,16-17H,4-5,8H2,1-3H3. The summed E-state index contributed by atoms with van der Waals surface area (Å²) in [6.45, 7) is 7.21. The average molecular weight is 239 g/mol. The van der Waals surface area contributed by atoms with Crippen LogP contribution in [-0.4, -0.2) is 11.7 Å². The Balaban J connectivity index is 2.46. The molecule has 0 saturated heterocycles. The van der Waals surface area contributed by atoms with E-state index < -0.39 is 0 Å². The van der Waals surface area contributed by atoms with Crippen molar-refractivity contribution in [1.29, 1.82) is 0 Å². The van der Waals surface area contributed by atoms with Gasteiger partial charge < -0.3 is 10.4 Å². The molecule has 1 aromatic carbocycles. The second-order valence-corrected chi connectivity index (χ2v) is 4.92. The van der Waals surface area contributed by atoms with Gasteiger partial charge in [-0.3, -0.25) is 0 Å². The van der Waals surface area contributed by atoms with Gasteiger partial charge in [0.25, 0.3) is 0 Å². The smallest absolute Gasteiger partial charge is 0.123 e. The van der Waals surface area contributed by atoms with Gasteiger partial charge in [-0.2, -0.15) is 0 Å². The van der Waals surface area contributed by atoms with E-state index in [4.69, 9.17) is 0 Å². The Morgan fingerprint density at radius 2 is 2.00 bits per heavy atom. The lowest BCUT2D eigenvalue weighted by molar-refractivity contribution is 0.443. The highest BCUT2D eigenvalue weighted by Gasteiger charge is 2.10. The summed E-state index contributed by atoms with van der Waals surface area (Å²) in [5, 5.41) is 12.9. The summed E-state index contributed by atoms with van der Waals surface area (Å²) >= 11 is 0. The number of phenolic OH excluding ortho intramolecular Hbond substituents is 1. The maximum Gasteiger partial charge on any atom is 0.123 e. The van der Waals surface area contributed by atoms with E-state index in [-0.39, 0.29) is 17.6 Å². The van der Waals surface area contributed by atoms with Gasteiger partial charge in [0.15, 0.2) is 0 Å². The van der Waals surface area contributed by atoms with Gasteiger partial charge in [-0.15, -0.1) is 0 Å². The van der Waals surface area contributed by atoms with Gasteiger partial charge in [0, 0.05) is 11.6 Å². The van der Waals surface area contributed by atoms with Crippen LogP contribution >= 0.6 is 0 Å². The SMILES string of the molecule is CC(C)CCCNC(C)c1cc(F)ccc1O. The molecule has 1 aromatic rings. The Bertz CT molecular complexity index is 352. The predicted octanol–water partition coefficient (Wildman–Crippen LogP) is 3.62. The van der Waals surface area contributed by atoms with E-state index in [1.165, 1.54) is 24.6 Å². The topological polar surface area (TPSA) is 32.3 Å². The summed E-state index contributed by atoms with van der Waals surface area (Å²) in [5.41, 5.74) is 0.620. The Labute approximate surface area is 103 Å². The van der Waals surface area contributed by atoms with E-state index in [2.05, 4.69) is 19.2 Å². The molecule has 0 heterocycles. The Morgan fingerprint density at radius 3 is 2.65 bits per heavy atom. The third kappa shape index (κ3) is 4.73. The number of aromatic hydroxyl groups is 1. The summed E-state index contributed by atoms with van der Waals surface area (Å²) < 4.78 is 13.1. The normalized spacial score (nSPS) is 13.0. The zero-order chi connectivity index (χ0) is 12.8. The molecule has 0 fully saturated rings. The molecule has 0 aliphatic rings. The molecule has 1 atom stereocenters. The first-order valence-corrected chi connectivity index (χ1v) is 6.22. The quantitative estimate of drug-likeness (QED) is 0.743. The highest BCUT2D eigenvalue weighted by Crippen LogP contribution is 2.24. The van der Waals surface area contributed by atoms with E-state index >= 15 is 0 Å². The van der Waals surface area contributed by atoms with Gasteiger partial charge in [0.1, 0.15) is 11.6 Å². The van der Waals surface area contributed by atoms with E-state index in [9.17, 15) is 9.50 Å². The van der Waals surface area contributed by atoms with Crippen LogP contribution in [0.5, 0.6) is 5.75 Å². The fraction of sp³-hybridized carbons (Fsp3) is 0.571. The number of hydrogen-bond donors (Lipinski definition) is 2.